The summed E-state index contributed by atoms with van der Waals surface area (Å²) in [4.78, 5) is 12.8. The van der Waals surface area contributed by atoms with Crippen molar-refractivity contribution in [3.8, 4) is 0 Å². The summed E-state index contributed by atoms with van der Waals surface area (Å²) in [5.74, 6) is -0.968. The first-order valence-electron chi connectivity index (χ1n) is 5.34. The van der Waals surface area contributed by atoms with Crippen molar-refractivity contribution in [2.45, 2.75) is 16.7 Å². The lowest BCUT2D eigenvalue weighted by Gasteiger charge is -2.07. The van der Waals surface area contributed by atoms with Crippen LogP contribution in [0.3, 0.4) is 0 Å². The van der Waals surface area contributed by atoms with Gasteiger partial charge in [0.15, 0.2) is 0 Å². The van der Waals surface area contributed by atoms with E-state index in [1.54, 1.807) is 12.1 Å². The highest BCUT2D eigenvalue weighted by atomic mass is 35.5. The zero-order valence-corrected chi connectivity index (χ0v) is 11.3. The number of aryl methyl sites for hydroxylation is 1. The first-order valence-corrected chi connectivity index (χ1v) is 6.53. The van der Waals surface area contributed by atoms with Crippen LogP contribution in [0.5, 0.6) is 0 Å². The normalized spacial score (nSPS) is 10.3. The van der Waals surface area contributed by atoms with Crippen molar-refractivity contribution < 1.29 is 9.90 Å². The Labute approximate surface area is 115 Å². The number of carboxylic acid groups (broad SMARTS) is 1. The molecule has 0 aliphatic carbocycles. The molecule has 0 unspecified atom stereocenters. The number of carboxylic acids is 1. The molecule has 4 heteroatoms. The molecule has 92 valence electrons. The van der Waals surface area contributed by atoms with E-state index in [9.17, 15) is 4.79 Å². The number of aromatic carboxylic acids is 1. The average molecular weight is 279 g/mol. The van der Waals surface area contributed by atoms with Crippen LogP contribution < -0.4 is 0 Å². The molecule has 2 aromatic rings. The zero-order chi connectivity index (χ0) is 13.1. The number of hydrogen-bond donors (Lipinski definition) is 1. The zero-order valence-electron chi connectivity index (χ0n) is 9.68. The summed E-state index contributed by atoms with van der Waals surface area (Å²) >= 11 is 7.63. The third-order valence-electron chi connectivity index (χ3n) is 2.49. The minimum Gasteiger partial charge on any atom is -0.478 e. The van der Waals surface area contributed by atoms with Crippen molar-refractivity contribution in [3.63, 3.8) is 0 Å². The van der Waals surface area contributed by atoms with E-state index in [2.05, 4.69) is 0 Å². The van der Waals surface area contributed by atoms with Crippen LogP contribution in [0.1, 0.15) is 15.9 Å². The minimum absolute atomic E-state index is 0.203. The Morgan fingerprint density at radius 1 is 1.17 bits per heavy atom. The molecule has 0 aliphatic rings. The molecule has 0 amide bonds. The third kappa shape index (κ3) is 2.86. The molecule has 0 atom stereocenters. The molecule has 0 spiro atoms. The van der Waals surface area contributed by atoms with Gasteiger partial charge in [0.05, 0.1) is 10.6 Å². The number of rotatable bonds is 3. The summed E-state index contributed by atoms with van der Waals surface area (Å²) in [6, 6.07) is 12.8. The summed E-state index contributed by atoms with van der Waals surface area (Å²) in [7, 11) is 0. The lowest BCUT2D eigenvalue weighted by Crippen LogP contribution is -1.95. The Kier molecular flexibility index (Phi) is 3.94. The first kappa shape index (κ1) is 13.0. The van der Waals surface area contributed by atoms with Crippen LogP contribution in [0.2, 0.25) is 5.02 Å². The van der Waals surface area contributed by atoms with Gasteiger partial charge in [-0.05, 0) is 36.8 Å². The van der Waals surface area contributed by atoms with Gasteiger partial charge in [-0.15, -0.1) is 0 Å². The molecule has 0 bridgehead atoms. The van der Waals surface area contributed by atoms with Crippen molar-refractivity contribution in [2.75, 3.05) is 0 Å². The van der Waals surface area contributed by atoms with Crippen LogP contribution in [0, 0.1) is 6.92 Å². The van der Waals surface area contributed by atoms with Gasteiger partial charge in [0.25, 0.3) is 0 Å². The van der Waals surface area contributed by atoms with Gasteiger partial charge in [-0.3, -0.25) is 0 Å². The van der Waals surface area contributed by atoms with Gasteiger partial charge in [-0.25, -0.2) is 4.79 Å². The summed E-state index contributed by atoms with van der Waals surface area (Å²) in [5, 5.41) is 9.33. The van der Waals surface area contributed by atoms with Crippen LogP contribution in [0.15, 0.2) is 52.3 Å². The van der Waals surface area contributed by atoms with Crippen molar-refractivity contribution in [1.82, 2.24) is 0 Å². The van der Waals surface area contributed by atoms with E-state index < -0.39 is 5.97 Å². The maximum absolute atomic E-state index is 10.8. The topological polar surface area (TPSA) is 37.3 Å². The van der Waals surface area contributed by atoms with Gasteiger partial charge >= 0.3 is 5.97 Å². The highest BCUT2D eigenvalue weighted by Gasteiger charge is 2.09. The number of benzene rings is 2. The van der Waals surface area contributed by atoms with E-state index >= 15 is 0 Å². The summed E-state index contributed by atoms with van der Waals surface area (Å²) in [6.07, 6.45) is 0. The Morgan fingerprint density at radius 2 is 1.89 bits per heavy atom. The molecule has 18 heavy (non-hydrogen) atoms. The lowest BCUT2D eigenvalue weighted by molar-refractivity contribution is 0.0697. The van der Waals surface area contributed by atoms with E-state index in [0.29, 0.717) is 5.02 Å². The molecule has 2 nitrogen and oxygen atoms in total. The molecule has 2 aromatic carbocycles. The van der Waals surface area contributed by atoms with Gasteiger partial charge in [-0.2, -0.15) is 0 Å². The lowest BCUT2D eigenvalue weighted by atomic mass is 10.2. The molecular weight excluding hydrogens is 268 g/mol. The van der Waals surface area contributed by atoms with Crippen LogP contribution in [-0.2, 0) is 0 Å². The van der Waals surface area contributed by atoms with Gasteiger partial charge < -0.3 is 5.11 Å². The molecule has 0 aromatic heterocycles. The third-order valence-corrected chi connectivity index (χ3v) is 4.17. The smallest absolute Gasteiger partial charge is 0.335 e. The summed E-state index contributed by atoms with van der Waals surface area (Å²) in [6.45, 7) is 2.03. The quantitative estimate of drug-likeness (QED) is 0.898. The number of hydrogen-bond acceptors (Lipinski definition) is 2. The Morgan fingerprint density at radius 3 is 2.50 bits per heavy atom. The average Bonchev–Trinajstić information content (AvgIpc) is 2.34. The Hall–Kier alpha value is -1.45. The molecule has 0 fully saturated rings. The molecular formula is C14H11ClO2S. The highest BCUT2D eigenvalue weighted by Crippen LogP contribution is 2.35. The van der Waals surface area contributed by atoms with E-state index in [4.69, 9.17) is 16.7 Å². The van der Waals surface area contributed by atoms with Crippen molar-refractivity contribution in [1.29, 1.82) is 0 Å². The van der Waals surface area contributed by atoms with Crippen LogP contribution >= 0.6 is 23.4 Å². The SMILES string of the molecule is Cc1ccccc1Sc1ccc(C(=O)O)cc1Cl. The largest absolute Gasteiger partial charge is 0.478 e. The fourth-order valence-corrected chi connectivity index (χ4v) is 2.71. The molecule has 0 aliphatic heterocycles. The monoisotopic (exact) mass is 278 g/mol. The molecule has 0 saturated carbocycles. The van der Waals surface area contributed by atoms with E-state index in [1.807, 2.05) is 31.2 Å². The van der Waals surface area contributed by atoms with Gasteiger partial charge in [0, 0.05) is 9.79 Å². The van der Waals surface area contributed by atoms with Gasteiger partial charge in [0.1, 0.15) is 0 Å². The fraction of sp³-hybridized carbons (Fsp3) is 0.0714. The molecule has 0 radical (unpaired) electrons. The number of carbonyl (C=O) groups is 1. The molecule has 1 N–H and O–H groups in total. The second-order valence-corrected chi connectivity index (χ2v) is 5.31. The van der Waals surface area contributed by atoms with Crippen molar-refractivity contribution in [3.05, 3.63) is 58.6 Å². The molecule has 2 rings (SSSR count). The van der Waals surface area contributed by atoms with E-state index in [0.717, 1.165) is 9.79 Å². The predicted molar refractivity (Wildman–Crippen MR) is 73.7 cm³/mol. The maximum Gasteiger partial charge on any atom is 0.335 e. The maximum atomic E-state index is 10.8. The Bertz CT molecular complexity index is 596. The molecule has 0 saturated heterocycles. The second-order valence-electron chi connectivity index (χ2n) is 3.82. The highest BCUT2D eigenvalue weighted by molar-refractivity contribution is 7.99. The predicted octanol–water partition coefficient (Wildman–Crippen LogP) is 4.50. The van der Waals surface area contributed by atoms with Crippen LogP contribution in [0.25, 0.3) is 0 Å². The van der Waals surface area contributed by atoms with Crippen LogP contribution in [0.4, 0.5) is 0 Å². The molecule has 0 heterocycles. The first-order chi connectivity index (χ1) is 8.58. The summed E-state index contributed by atoms with van der Waals surface area (Å²) < 4.78 is 0. The number of halogens is 1. The van der Waals surface area contributed by atoms with Gasteiger partial charge in [0.2, 0.25) is 0 Å². The van der Waals surface area contributed by atoms with E-state index in [-0.39, 0.29) is 5.56 Å². The second kappa shape index (κ2) is 5.46. The van der Waals surface area contributed by atoms with E-state index in [1.165, 1.54) is 23.4 Å². The van der Waals surface area contributed by atoms with Crippen molar-refractivity contribution >= 4 is 29.3 Å². The summed E-state index contributed by atoms with van der Waals surface area (Å²) in [5.41, 5.74) is 1.37. The van der Waals surface area contributed by atoms with Crippen molar-refractivity contribution in [2.24, 2.45) is 0 Å². The standard InChI is InChI=1S/C14H11ClO2S/c1-9-4-2-3-5-12(9)18-13-7-6-10(14(16)17)8-11(13)15/h2-8H,1H3,(H,16,17). The van der Waals surface area contributed by atoms with Gasteiger partial charge in [-0.1, -0.05) is 41.6 Å². The fourth-order valence-electron chi connectivity index (χ4n) is 1.51. The minimum atomic E-state index is -0.968. The van der Waals surface area contributed by atoms with Crippen LogP contribution in [-0.4, -0.2) is 11.1 Å². The Balaban J connectivity index is 2.30.